The molecule has 6 heteroatoms. The standard InChI is InChI=1S/C13H16N4S2/c1-7-4-5-10(11(14)18)12(15-7)17-9(3)13-16-8(2)6-19-13/h4-6,9H,1-3H3,(H2,14,18)(H,15,17). The molecule has 0 saturated heterocycles. The van der Waals surface area contributed by atoms with E-state index >= 15 is 0 Å². The molecule has 0 bridgehead atoms. The summed E-state index contributed by atoms with van der Waals surface area (Å²) < 4.78 is 0. The number of rotatable bonds is 4. The third-order valence-corrected chi connectivity index (χ3v) is 4.03. The number of anilines is 1. The molecule has 100 valence electrons. The maximum absolute atomic E-state index is 5.72. The Morgan fingerprint density at radius 1 is 1.32 bits per heavy atom. The Morgan fingerprint density at radius 2 is 2.05 bits per heavy atom. The van der Waals surface area contributed by atoms with E-state index in [1.54, 1.807) is 11.3 Å². The van der Waals surface area contributed by atoms with Crippen molar-refractivity contribution in [1.29, 1.82) is 0 Å². The number of aryl methyl sites for hydroxylation is 2. The molecule has 0 aliphatic carbocycles. The lowest BCUT2D eigenvalue weighted by Gasteiger charge is -2.15. The topological polar surface area (TPSA) is 63.8 Å². The summed E-state index contributed by atoms with van der Waals surface area (Å²) in [5.74, 6) is 0.716. The van der Waals surface area contributed by atoms with Crippen LogP contribution in [0, 0.1) is 13.8 Å². The quantitative estimate of drug-likeness (QED) is 0.848. The van der Waals surface area contributed by atoms with Crippen molar-refractivity contribution in [2.45, 2.75) is 26.8 Å². The number of nitrogens with two attached hydrogens (primary N) is 1. The summed E-state index contributed by atoms with van der Waals surface area (Å²) in [6.45, 7) is 5.97. The summed E-state index contributed by atoms with van der Waals surface area (Å²) in [7, 11) is 0. The van der Waals surface area contributed by atoms with Crippen molar-refractivity contribution < 1.29 is 0 Å². The number of nitrogens with one attached hydrogen (secondary N) is 1. The zero-order chi connectivity index (χ0) is 14.0. The lowest BCUT2D eigenvalue weighted by molar-refractivity contribution is 0.853. The van der Waals surface area contributed by atoms with Crippen LogP contribution in [0.2, 0.25) is 0 Å². The predicted octanol–water partition coefficient (Wildman–Crippen LogP) is 2.96. The van der Waals surface area contributed by atoms with Crippen LogP contribution in [0.3, 0.4) is 0 Å². The van der Waals surface area contributed by atoms with Crippen molar-refractivity contribution in [1.82, 2.24) is 9.97 Å². The van der Waals surface area contributed by atoms with E-state index in [1.165, 1.54) is 0 Å². The molecule has 2 rings (SSSR count). The first-order valence-corrected chi connectivity index (χ1v) is 7.22. The molecule has 0 aliphatic rings. The van der Waals surface area contributed by atoms with Crippen molar-refractivity contribution in [3.63, 3.8) is 0 Å². The van der Waals surface area contributed by atoms with Crippen LogP contribution in [-0.4, -0.2) is 15.0 Å². The molecule has 0 aromatic carbocycles. The molecule has 2 aromatic heterocycles. The summed E-state index contributed by atoms with van der Waals surface area (Å²) in [5.41, 5.74) is 8.44. The van der Waals surface area contributed by atoms with Gasteiger partial charge in [-0.05, 0) is 32.9 Å². The van der Waals surface area contributed by atoms with Crippen molar-refractivity contribution >= 4 is 34.4 Å². The summed E-state index contributed by atoms with van der Waals surface area (Å²) in [4.78, 5) is 9.28. The van der Waals surface area contributed by atoms with Crippen LogP contribution < -0.4 is 11.1 Å². The second kappa shape index (κ2) is 5.63. The molecule has 0 amide bonds. The summed E-state index contributed by atoms with van der Waals surface area (Å²) in [5, 5.41) is 6.39. The van der Waals surface area contributed by atoms with Gasteiger partial charge in [-0.25, -0.2) is 9.97 Å². The summed E-state index contributed by atoms with van der Waals surface area (Å²) >= 11 is 6.68. The van der Waals surface area contributed by atoms with E-state index in [0.29, 0.717) is 10.8 Å². The van der Waals surface area contributed by atoms with Crippen LogP contribution >= 0.6 is 23.6 Å². The summed E-state index contributed by atoms with van der Waals surface area (Å²) in [6.07, 6.45) is 0. The number of aromatic nitrogens is 2. The lowest BCUT2D eigenvalue weighted by Crippen LogP contribution is -2.16. The number of thiocarbonyl (C=S) groups is 1. The maximum atomic E-state index is 5.72. The van der Waals surface area contributed by atoms with Gasteiger partial charge >= 0.3 is 0 Å². The van der Waals surface area contributed by atoms with Crippen LogP contribution in [-0.2, 0) is 0 Å². The third-order valence-electron chi connectivity index (χ3n) is 2.66. The van der Waals surface area contributed by atoms with Gasteiger partial charge < -0.3 is 11.1 Å². The molecule has 3 N–H and O–H groups in total. The first kappa shape index (κ1) is 13.9. The van der Waals surface area contributed by atoms with Crippen LogP contribution in [0.4, 0.5) is 5.82 Å². The van der Waals surface area contributed by atoms with E-state index in [4.69, 9.17) is 18.0 Å². The van der Waals surface area contributed by atoms with Crippen LogP contribution in [0.5, 0.6) is 0 Å². The van der Waals surface area contributed by atoms with Crippen molar-refractivity contribution in [3.8, 4) is 0 Å². The number of pyridine rings is 1. The second-order valence-corrected chi connectivity index (χ2v) is 5.74. The van der Waals surface area contributed by atoms with Gasteiger partial charge in [-0.1, -0.05) is 12.2 Å². The SMILES string of the molecule is Cc1csc(C(C)Nc2nc(C)ccc2C(N)=S)n1. The molecule has 1 atom stereocenters. The number of hydrogen-bond donors (Lipinski definition) is 2. The molecule has 1 unspecified atom stereocenters. The van der Waals surface area contributed by atoms with Gasteiger partial charge in [0.2, 0.25) is 0 Å². The first-order chi connectivity index (χ1) is 8.97. The van der Waals surface area contributed by atoms with Gasteiger partial charge in [0, 0.05) is 16.8 Å². The Kier molecular flexibility index (Phi) is 4.11. The first-order valence-electron chi connectivity index (χ1n) is 5.93. The van der Waals surface area contributed by atoms with Crippen LogP contribution in [0.15, 0.2) is 17.5 Å². The fourth-order valence-electron chi connectivity index (χ4n) is 1.70. The highest BCUT2D eigenvalue weighted by Crippen LogP contribution is 2.23. The largest absolute Gasteiger partial charge is 0.389 e. The number of thiazole rings is 1. The minimum atomic E-state index is 0.0705. The third kappa shape index (κ3) is 3.27. The molecule has 0 saturated carbocycles. The van der Waals surface area contributed by atoms with E-state index < -0.39 is 0 Å². The molecular formula is C13H16N4S2. The zero-order valence-electron chi connectivity index (χ0n) is 11.1. The normalized spacial score (nSPS) is 12.2. The highest BCUT2D eigenvalue weighted by atomic mass is 32.1. The van der Waals surface area contributed by atoms with Gasteiger partial charge in [-0.2, -0.15) is 0 Å². The molecular weight excluding hydrogens is 276 g/mol. The van der Waals surface area contributed by atoms with E-state index in [9.17, 15) is 0 Å². The van der Waals surface area contributed by atoms with Crippen molar-refractivity contribution in [2.75, 3.05) is 5.32 Å². The fraction of sp³-hybridized carbons (Fsp3) is 0.308. The fourth-order valence-corrected chi connectivity index (χ4v) is 2.67. The molecule has 19 heavy (non-hydrogen) atoms. The van der Waals surface area contributed by atoms with Crippen LogP contribution in [0.1, 0.15) is 34.9 Å². The molecule has 0 spiro atoms. The number of hydrogen-bond acceptors (Lipinski definition) is 5. The minimum Gasteiger partial charge on any atom is -0.389 e. The number of nitrogens with zero attached hydrogens (tertiary/aromatic N) is 2. The van der Waals surface area contributed by atoms with Gasteiger partial charge in [0.05, 0.1) is 11.6 Å². The van der Waals surface area contributed by atoms with Gasteiger partial charge in [0.1, 0.15) is 15.8 Å². The van der Waals surface area contributed by atoms with Gasteiger partial charge in [-0.15, -0.1) is 11.3 Å². The Labute approximate surface area is 122 Å². The second-order valence-electron chi connectivity index (χ2n) is 4.41. The highest BCUT2D eigenvalue weighted by molar-refractivity contribution is 7.80. The molecule has 4 nitrogen and oxygen atoms in total. The Morgan fingerprint density at radius 3 is 2.63 bits per heavy atom. The molecule has 2 heterocycles. The molecule has 0 fully saturated rings. The lowest BCUT2D eigenvalue weighted by atomic mass is 10.2. The average Bonchev–Trinajstić information content (AvgIpc) is 2.75. The Bertz CT molecular complexity index is 606. The van der Waals surface area contributed by atoms with Gasteiger partial charge in [0.25, 0.3) is 0 Å². The molecule has 0 aliphatic heterocycles. The summed E-state index contributed by atoms with van der Waals surface area (Å²) in [6, 6.07) is 3.87. The van der Waals surface area contributed by atoms with E-state index in [2.05, 4.69) is 15.3 Å². The van der Waals surface area contributed by atoms with Crippen molar-refractivity contribution in [3.05, 3.63) is 39.5 Å². The van der Waals surface area contributed by atoms with Gasteiger partial charge in [-0.3, -0.25) is 0 Å². The van der Waals surface area contributed by atoms with Gasteiger partial charge in [0.15, 0.2) is 0 Å². The Hall–Kier alpha value is -1.53. The Balaban J connectivity index is 2.27. The molecule has 2 aromatic rings. The van der Waals surface area contributed by atoms with E-state index in [0.717, 1.165) is 22.0 Å². The van der Waals surface area contributed by atoms with Crippen molar-refractivity contribution in [2.24, 2.45) is 5.73 Å². The maximum Gasteiger partial charge on any atom is 0.137 e. The van der Waals surface area contributed by atoms with Crippen LogP contribution in [0.25, 0.3) is 0 Å². The highest BCUT2D eigenvalue weighted by Gasteiger charge is 2.13. The van der Waals surface area contributed by atoms with E-state index in [-0.39, 0.29) is 6.04 Å². The smallest absolute Gasteiger partial charge is 0.137 e. The van der Waals surface area contributed by atoms with E-state index in [1.807, 2.05) is 38.3 Å². The predicted molar refractivity (Wildman–Crippen MR) is 83.8 cm³/mol. The monoisotopic (exact) mass is 292 g/mol. The zero-order valence-corrected chi connectivity index (χ0v) is 12.7. The minimum absolute atomic E-state index is 0.0705. The molecule has 0 radical (unpaired) electrons. The average molecular weight is 292 g/mol.